The molecule has 2 unspecified atom stereocenters. The first-order chi connectivity index (χ1) is 5.81. The van der Waals surface area contributed by atoms with E-state index in [1.54, 1.807) is 0 Å². The highest BCUT2D eigenvalue weighted by molar-refractivity contribution is 8.33. The van der Waals surface area contributed by atoms with Crippen LogP contribution in [0.5, 0.6) is 0 Å². The first-order valence-electron chi connectivity index (χ1n) is 5.51. The Bertz CT molecular complexity index is 138. The number of hydrogen-bond donors (Lipinski definition) is 0. The van der Waals surface area contributed by atoms with Crippen LogP contribution in [-0.4, -0.2) is 23.5 Å². The maximum absolute atomic E-state index is 2.50. The van der Waals surface area contributed by atoms with Crippen LogP contribution in [-0.2, 0) is 0 Å². The van der Waals surface area contributed by atoms with Crippen LogP contribution in [0.2, 0.25) is 0 Å². The van der Waals surface area contributed by atoms with Gasteiger partial charge in [0.2, 0.25) is 0 Å². The van der Waals surface area contributed by atoms with Gasteiger partial charge in [0.15, 0.2) is 0 Å². The Morgan fingerprint density at radius 3 is 1.77 bits per heavy atom. The summed E-state index contributed by atoms with van der Waals surface area (Å²) in [5.41, 5.74) is 0. The van der Waals surface area contributed by atoms with Crippen LogP contribution in [0.25, 0.3) is 0 Å². The van der Waals surface area contributed by atoms with Crippen molar-refractivity contribution in [2.24, 2.45) is 11.8 Å². The molecule has 1 heteroatoms. The second-order valence-electron chi connectivity index (χ2n) is 5.27. The lowest BCUT2D eigenvalue weighted by Crippen LogP contribution is -2.24. The van der Waals surface area contributed by atoms with Crippen LogP contribution in [0, 0.1) is 11.8 Å². The van der Waals surface area contributed by atoms with Gasteiger partial charge in [0, 0.05) is 0 Å². The van der Waals surface area contributed by atoms with Gasteiger partial charge < -0.3 is 0 Å². The molecule has 0 rings (SSSR count). The van der Waals surface area contributed by atoms with Gasteiger partial charge in [0.1, 0.15) is 0 Å². The van der Waals surface area contributed by atoms with Crippen LogP contribution in [0.1, 0.15) is 41.0 Å². The molecule has 0 fully saturated rings. The molecule has 2 atom stereocenters. The van der Waals surface area contributed by atoms with Crippen molar-refractivity contribution in [3.63, 3.8) is 0 Å². The highest BCUT2D eigenvalue weighted by Gasteiger charge is 2.25. The summed E-state index contributed by atoms with van der Waals surface area (Å²) in [5, 5.41) is 0.917. The lowest BCUT2D eigenvalue weighted by molar-refractivity contribution is 0.551. The minimum Gasteiger partial charge on any atom is -0.244 e. The van der Waals surface area contributed by atoms with Crippen LogP contribution < -0.4 is 0 Å². The van der Waals surface area contributed by atoms with Gasteiger partial charge in [-0.1, -0.05) is 41.0 Å². The van der Waals surface area contributed by atoms with E-state index in [4.69, 9.17) is 0 Å². The third kappa shape index (κ3) is 4.39. The van der Waals surface area contributed by atoms with Crippen LogP contribution in [0.15, 0.2) is 0 Å². The Morgan fingerprint density at radius 1 is 1.00 bits per heavy atom. The SMILES string of the molecule is CCC(C)C(C)S(C)(C)CC(C)C. The highest BCUT2D eigenvalue weighted by Crippen LogP contribution is 2.49. The molecule has 0 aliphatic carbocycles. The summed E-state index contributed by atoms with van der Waals surface area (Å²) in [7, 11) is -0.371. The first-order valence-corrected chi connectivity index (χ1v) is 8.19. The quantitative estimate of drug-likeness (QED) is 0.631. The van der Waals surface area contributed by atoms with Gasteiger partial charge in [-0.25, -0.2) is 10.0 Å². The first kappa shape index (κ1) is 13.4. The predicted octanol–water partition coefficient (Wildman–Crippen LogP) is 4.14. The maximum atomic E-state index is 2.50. The molecule has 0 nitrogen and oxygen atoms in total. The molecule has 0 aromatic rings. The van der Waals surface area contributed by atoms with Gasteiger partial charge in [0.25, 0.3) is 0 Å². The summed E-state index contributed by atoms with van der Waals surface area (Å²) in [6.45, 7) is 11.9. The van der Waals surface area contributed by atoms with E-state index >= 15 is 0 Å². The van der Waals surface area contributed by atoms with E-state index < -0.39 is 0 Å². The van der Waals surface area contributed by atoms with Crippen molar-refractivity contribution in [2.45, 2.75) is 46.3 Å². The van der Waals surface area contributed by atoms with Crippen molar-refractivity contribution in [2.75, 3.05) is 18.3 Å². The van der Waals surface area contributed by atoms with Crippen molar-refractivity contribution < 1.29 is 0 Å². The van der Waals surface area contributed by atoms with E-state index in [-0.39, 0.29) is 10.0 Å². The second kappa shape index (κ2) is 5.29. The third-order valence-corrected chi connectivity index (χ3v) is 7.22. The molecule has 0 heterocycles. The summed E-state index contributed by atoms with van der Waals surface area (Å²) in [6, 6.07) is 0. The Labute approximate surface area is 86.8 Å². The molecule has 0 aromatic carbocycles. The molecule has 0 amide bonds. The van der Waals surface area contributed by atoms with Crippen molar-refractivity contribution in [1.82, 2.24) is 0 Å². The monoisotopic (exact) mass is 204 g/mol. The molecule has 0 saturated carbocycles. The van der Waals surface area contributed by atoms with E-state index in [1.807, 2.05) is 0 Å². The summed E-state index contributed by atoms with van der Waals surface area (Å²) in [6.07, 6.45) is 6.34. The Kier molecular flexibility index (Phi) is 5.43. The van der Waals surface area contributed by atoms with Crippen molar-refractivity contribution in [3.8, 4) is 0 Å². The Hall–Kier alpha value is 0.350. The van der Waals surface area contributed by atoms with Gasteiger partial charge in [0.05, 0.1) is 0 Å². The van der Waals surface area contributed by atoms with Crippen molar-refractivity contribution >= 4 is 10.0 Å². The summed E-state index contributed by atoms with van der Waals surface area (Å²) in [5.74, 6) is 3.18. The topological polar surface area (TPSA) is 0 Å². The minimum absolute atomic E-state index is 0.371. The van der Waals surface area contributed by atoms with Crippen LogP contribution in [0.3, 0.4) is 0 Å². The molecule has 13 heavy (non-hydrogen) atoms. The average molecular weight is 204 g/mol. The zero-order valence-electron chi connectivity index (χ0n) is 10.6. The van der Waals surface area contributed by atoms with Crippen LogP contribution >= 0.6 is 10.0 Å². The smallest absolute Gasteiger partial charge is 0.0119 e. The normalized spacial score (nSPS) is 18.8. The largest absolute Gasteiger partial charge is 0.244 e. The Morgan fingerprint density at radius 2 is 1.46 bits per heavy atom. The predicted molar refractivity (Wildman–Crippen MR) is 68.1 cm³/mol. The Balaban J connectivity index is 4.25. The van der Waals surface area contributed by atoms with E-state index in [2.05, 4.69) is 47.1 Å². The van der Waals surface area contributed by atoms with E-state index in [1.165, 1.54) is 12.2 Å². The number of hydrogen-bond acceptors (Lipinski definition) is 0. The average Bonchev–Trinajstić information content (AvgIpc) is 1.99. The second-order valence-corrected chi connectivity index (χ2v) is 9.60. The zero-order chi connectivity index (χ0) is 10.6. The highest BCUT2D eigenvalue weighted by atomic mass is 32.3. The molecule has 0 aromatic heterocycles. The van der Waals surface area contributed by atoms with Crippen LogP contribution in [0.4, 0.5) is 0 Å². The lowest BCUT2D eigenvalue weighted by atomic mass is 10.1. The molecule has 0 aliphatic heterocycles. The van der Waals surface area contributed by atoms with Gasteiger partial charge in [-0.3, -0.25) is 0 Å². The molecule has 82 valence electrons. The van der Waals surface area contributed by atoms with Gasteiger partial charge in [-0.15, -0.1) is 0 Å². The fraction of sp³-hybridized carbons (Fsp3) is 1.00. The maximum Gasteiger partial charge on any atom is -0.0119 e. The van der Waals surface area contributed by atoms with E-state index in [0.29, 0.717) is 0 Å². The fourth-order valence-corrected chi connectivity index (χ4v) is 5.44. The summed E-state index contributed by atoms with van der Waals surface area (Å²) < 4.78 is 0. The van der Waals surface area contributed by atoms with Gasteiger partial charge >= 0.3 is 0 Å². The summed E-state index contributed by atoms with van der Waals surface area (Å²) in [4.78, 5) is 0. The molecule has 0 N–H and O–H groups in total. The molecule has 0 radical (unpaired) electrons. The molecular weight excluding hydrogens is 176 g/mol. The molecule has 0 saturated heterocycles. The van der Waals surface area contributed by atoms with Gasteiger partial charge in [-0.2, -0.15) is 0 Å². The molecule has 0 spiro atoms. The van der Waals surface area contributed by atoms with E-state index in [0.717, 1.165) is 17.1 Å². The molecular formula is C12H28S. The standard InChI is InChI=1S/C12H28S/c1-8-11(4)12(5)13(6,7)9-10(2)3/h10-12H,8-9H2,1-7H3. The van der Waals surface area contributed by atoms with Crippen molar-refractivity contribution in [3.05, 3.63) is 0 Å². The van der Waals surface area contributed by atoms with Crippen molar-refractivity contribution in [1.29, 1.82) is 0 Å². The molecule has 0 aliphatic rings. The van der Waals surface area contributed by atoms with Gasteiger partial charge in [-0.05, 0) is 35.4 Å². The van der Waals surface area contributed by atoms with E-state index in [9.17, 15) is 0 Å². The zero-order valence-corrected chi connectivity index (χ0v) is 11.4. The minimum atomic E-state index is -0.371. The fourth-order valence-electron chi connectivity index (χ4n) is 1.97. The number of rotatable bonds is 5. The third-order valence-electron chi connectivity index (χ3n) is 3.21. The molecule has 0 bridgehead atoms. The lowest BCUT2D eigenvalue weighted by Gasteiger charge is -2.42. The summed E-state index contributed by atoms with van der Waals surface area (Å²) >= 11 is 0.